The Morgan fingerprint density at radius 2 is 1.82 bits per heavy atom. The molecule has 6 rings (SSSR count). The van der Waals surface area contributed by atoms with Crippen molar-refractivity contribution in [1.29, 1.82) is 0 Å². The average Bonchev–Trinajstić information content (AvgIpc) is 3.69. The zero-order chi connectivity index (χ0) is 30.6. The van der Waals surface area contributed by atoms with Crippen molar-refractivity contribution in [3.05, 3.63) is 114 Å². The molecule has 0 aliphatic carbocycles. The van der Waals surface area contributed by atoms with Crippen molar-refractivity contribution in [2.45, 2.75) is 18.7 Å². The first kappa shape index (κ1) is 29.1. The van der Waals surface area contributed by atoms with Crippen LogP contribution in [0.4, 0.5) is 5.82 Å². The minimum absolute atomic E-state index is 0.154. The van der Waals surface area contributed by atoms with E-state index in [4.69, 9.17) is 19.0 Å². The lowest BCUT2D eigenvalue weighted by atomic mass is 9.99. The number of hydrogen-bond donors (Lipinski definition) is 1. The summed E-state index contributed by atoms with van der Waals surface area (Å²) in [5.41, 5.74) is 5.21. The molecular weight excluding hydrogens is 576 g/mol. The average molecular weight is 609 g/mol. The molecule has 10 heteroatoms. The molecule has 3 heterocycles. The van der Waals surface area contributed by atoms with Crippen LogP contribution in [0.2, 0.25) is 0 Å². The van der Waals surface area contributed by atoms with Crippen LogP contribution in [-0.2, 0) is 16.1 Å². The second-order valence-corrected chi connectivity index (χ2v) is 11.4. The van der Waals surface area contributed by atoms with Crippen LogP contribution in [0.5, 0.6) is 11.5 Å². The molecular formula is C34H32N4O5S. The van der Waals surface area contributed by atoms with Crippen LogP contribution >= 0.6 is 11.8 Å². The Morgan fingerprint density at radius 3 is 2.55 bits per heavy atom. The summed E-state index contributed by atoms with van der Waals surface area (Å²) in [7, 11) is 3.20. The summed E-state index contributed by atoms with van der Waals surface area (Å²) >= 11 is 1.50. The second-order valence-electron chi connectivity index (χ2n) is 10.3. The Labute approximate surface area is 259 Å². The zero-order valence-electron chi connectivity index (χ0n) is 24.7. The number of thioether (sulfide) groups is 1. The fourth-order valence-electron chi connectivity index (χ4n) is 5.35. The third kappa shape index (κ3) is 5.80. The van der Waals surface area contributed by atoms with Crippen molar-refractivity contribution in [3.8, 4) is 28.4 Å². The molecule has 1 atom stereocenters. The number of benzene rings is 3. The van der Waals surface area contributed by atoms with Gasteiger partial charge in [0.1, 0.15) is 18.1 Å². The summed E-state index contributed by atoms with van der Waals surface area (Å²) in [5.74, 6) is 2.03. The topological polar surface area (TPSA) is 98.8 Å². The van der Waals surface area contributed by atoms with Gasteiger partial charge < -0.3 is 19.2 Å². The maximum atomic E-state index is 14.0. The molecule has 0 saturated carbocycles. The normalized spacial score (nSPS) is 14.6. The van der Waals surface area contributed by atoms with Crippen LogP contribution in [0.25, 0.3) is 16.9 Å². The molecule has 9 nitrogen and oxygen atoms in total. The van der Waals surface area contributed by atoms with Crippen molar-refractivity contribution in [2.75, 3.05) is 31.4 Å². The van der Waals surface area contributed by atoms with E-state index in [-0.39, 0.29) is 35.9 Å². The molecule has 0 radical (unpaired) electrons. The van der Waals surface area contributed by atoms with Gasteiger partial charge in [-0.05, 0) is 54.4 Å². The lowest BCUT2D eigenvalue weighted by molar-refractivity contribution is -0.123. The Bertz CT molecular complexity index is 1780. The first-order valence-corrected chi connectivity index (χ1v) is 15.2. The van der Waals surface area contributed by atoms with Crippen molar-refractivity contribution >= 4 is 29.4 Å². The third-order valence-corrected chi connectivity index (χ3v) is 8.69. The van der Waals surface area contributed by atoms with E-state index in [9.17, 15) is 9.59 Å². The molecule has 0 spiro atoms. The molecule has 1 aliphatic rings. The molecule has 0 bridgehead atoms. The molecule has 0 unspecified atom stereocenters. The van der Waals surface area contributed by atoms with Crippen molar-refractivity contribution < 1.29 is 23.5 Å². The number of nitrogens with one attached hydrogen (secondary N) is 1. The van der Waals surface area contributed by atoms with Crippen molar-refractivity contribution in [2.24, 2.45) is 0 Å². The smallest absolute Gasteiger partial charge is 0.240 e. The quantitative estimate of drug-likeness (QED) is 0.221. The zero-order valence-corrected chi connectivity index (χ0v) is 25.5. The summed E-state index contributed by atoms with van der Waals surface area (Å²) in [6.07, 6.45) is 1.56. The van der Waals surface area contributed by atoms with E-state index < -0.39 is 0 Å². The summed E-state index contributed by atoms with van der Waals surface area (Å²) in [4.78, 5) is 28.9. The largest absolute Gasteiger partial charge is 0.493 e. The number of anilines is 1. The number of furan rings is 1. The Balaban J connectivity index is 1.55. The van der Waals surface area contributed by atoms with Gasteiger partial charge in [-0.25, -0.2) is 4.68 Å². The lowest BCUT2D eigenvalue weighted by Crippen LogP contribution is -2.42. The maximum absolute atomic E-state index is 14.0. The van der Waals surface area contributed by atoms with Gasteiger partial charge in [-0.3, -0.25) is 14.5 Å². The van der Waals surface area contributed by atoms with Gasteiger partial charge in [-0.15, -0.1) is 11.8 Å². The van der Waals surface area contributed by atoms with Gasteiger partial charge >= 0.3 is 0 Å². The number of nitrogens with zero attached hydrogens (tertiary/aromatic N) is 3. The van der Waals surface area contributed by atoms with Gasteiger partial charge in [-0.2, -0.15) is 5.10 Å². The Hall–Kier alpha value is -4.96. The van der Waals surface area contributed by atoms with E-state index in [0.717, 1.165) is 33.6 Å². The summed E-state index contributed by atoms with van der Waals surface area (Å²) in [6.45, 7) is 2.05. The number of aryl methyl sites for hydroxylation is 1. The van der Waals surface area contributed by atoms with E-state index >= 15 is 0 Å². The van der Waals surface area contributed by atoms with Crippen molar-refractivity contribution in [3.63, 3.8) is 0 Å². The summed E-state index contributed by atoms with van der Waals surface area (Å²) in [5, 5.41) is 7.73. The van der Waals surface area contributed by atoms with Crippen LogP contribution in [0.3, 0.4) is 0 Å². The van der Waals surface area contributed by atoms with E-state index in [0.29, 0.717) is 23.1 Å². The first-order valence-electron chi connectivity index (χ1n) is 14.1. The number of carbonyl (C=O) groups is 2. The van der Waals surface area contributed by atoms with E-state index in [1.807, 2.05) is 79.7 Å². The molecule has 44 heavy (non-hydrogen) atoms. The maximum Gasteiger partial charge on any atom is 0.240 e. The minimum atomic E-state index is -0.312. The Kier molecular flexibility index (Phi) is 8.42. The molecule has 224 valence electrons. The molecule has 3 aromatic carbocycles. The van der Waals surface area contributed by atoms with Gasteiger partial charge in [0, 0.05) is 11.1 Å². The van der Waals surface area contributed by atoms with E-state index in [1.165, 1.54) is 11.8 Å². The minimum Gasteiger partial charge on any atom is -0.493 e. The third-order valence-electron chi connectivity index (χ3n) is 7.43. The molecule has 2 amide bonds. The summed E-state index contributed by atoms with van der Waals surface area (Å²) in [6, 6.07) is 27.2. The molecule has 0 saturated heterocycles. The van der Waals surface area contributed by atoms with Gasteiger partial charge in [0.2, 0.25) is 11.8 Å². The first-order chi connectivity index (χ1) is 21.5. The van der Waals surface area contributed by atoms with Gasteiger partial charge in [0.15, 0.2) is 11.5 Å². The van der Waals surface area contributed by atoms with Crippen LogP contribution in [0.15, 0.2) is 95.6 Å². The fourth-order valence-corrected chi connectivity index (χ4v) is 6.53. The van der Waals surface area contributed by atoms with Gasteiger partial charge in [-0.1, -0.05) is 48.5 Å². The Morgan fingerprint density at radius 1 is 1.00 bits per heavy atom. The highest BCUT2D eigenvalue weighted by molar-refractivity contribution is 8.00. The molecule has 1 N–H and O–H groups in total. The number of rotatable bonds is 9. The number of amides is 2. The number of hydrogen-bond acceptors (Lipinski definition) is 7. The highest BCUT2D eigenvalue weighted by Crippen LogP contribution is 2.49. The van der Waals surface area contributed by atoms with Crippen LogP contribution in [0.1, 0.15) is 27.7 Å². The SMILES string of the molecule is COc1ccc([C@H]2SCC(=O)N(CC(=O)NCc3ccco3)c3c2c(-c2ccccc2)nn3-c2cccc(C)c2)cc1OC. The van der Waals surface area contributed by atoms with E-state index in [2.05, 4.69) is 5.32 Å². The highest BCUT2D eigenvalue weighted by atomic mass is 32.2. The van der Waals surface area contributed by atoms with Crippen LogP contribution < -0.4 is 19.7 Å². The molecule has 0 fully saturated rings. The number of ether oxygens (including phenoxy) is 2. The highest BCUT2D eigenvalue weighted by Gasteiger charge is 2.38. The number of fused-ring (bicyclic) bond motifs is 1. The summed E-state index contributed by atoms with van der Waals surface area (Å²) < 4.78 is 18.3. The van der Waals surface area contributed by atoms with Crippen LogP contribution in [0, 0.1) is 6.92 Å². The lowest BCUT2D eigenvalue weighted by Gasteiger charge is -2.23. The fraction of sp³-hybridized carbons (Fsp3) is 0.206. The monoisotopic (exact) mass is 608 g/mol. The molecule has 5 aromatic rings. The van der Waals surface area contributed by atoms with Gasteiger partial charge in [0.25, 0.3) is 0 Å². The second kappa shape index (κ2) is 12.7. The number of methoxy groups -OCH3 is 2. The number of aromatic nitrogens is 2. The van der Waals surface area contributed by atoms with Crippen LogP contribution in [-0.4, -0.2) is 48.1 Å². The number of carbonyl (C=O) groups excluding carboxylic acids is 2. The van der Waals surface area contributed by atoms with Crippen molar-refractivity contribution in [1.82, 2.24) is 15.1 Å². The van der Waals surface area contributed by atoms with Gasteiger partial charge in [0.05, 0.1) is 49.4 Å². The molecule has 1 aliphatic heterocycles. The predicted octanol–water partition coefficient (Wildman–Crippen LogP) is 5.94. The van der Waals surface area contributed by atoms with E-state index in [1.54, 1.807) is 42.2 Å². The predicted molar refractivity (Wildman–Crippen MR) is 170 cm³/mol. The standard InChI is InChI=1S/C34H32N4O5S/c1-22-9-7-12-25(17-22)38-34-31(32(36-38)23-10-5-4-6-11-23)33(24-14-15-27(41-2)28(18-24)42-3)44-21-30(40)37(34)20-29(39)35-19-26-13-8-16-43-26/h4-18,33H,19-21H2,1-3H3,(H,35,39)/t33-/m1/s1. The molecule has 2 aromatic heterocycles.